The summed E-state index contributed by atoms with van der Waals surface area (Å²) in [7, 11) is 1.72. The van der Waals surface area contributed by atoms with Crippen LogP contribution in [0.5, 0.6) is 0 Å². The first-order valence-electron chi connectivity index (χ1n) is 9.87. The number of ether oxygens (including phenoxy) is 1. The Morgan fingerprint density at radius 3 is 2.11 bits per heavy atom. The highest BCUT2D eigenvalue weighted by molar-refractivity contribution is 5.98. The maximum Gasteiger partial charge on any atom is 0.335 e. The number of rotatable bonds is 6. The summed E-state index contributed by atoms with van der Waals surface area (Å²) in [5, 5.41) is 9.64. The third-order valence-electron chi connectivity index (χ3n) is 6.12. The summed E-state index contributed by atoms with van der Waals surface area (Å²) in [6.07, 6.45) is 4.01. The van der Waals surface area contributed by atoms with Crippen LogP contribution in [-0.4, -0.2) is 47.7 Å². The number of hydrogen-bond donors (Lipinski definition) is 1. The van der Waals surface area contributed by atoms with Gasteiger partial charge in [0.15, 0.2) is 0 Å². The lowest BCUT2D eigenvalue weighted by atomic mass is 9.98. The van der Waals surface area contributed by atoms with Crippen molar-refractivity contribution in [2.24, 2.45) is 0 Å². The largest absolute Gasteiger partial charge is 0.480 e. The lowest BCUT2D eigenvalue weighted by Crippen LogP contribution is -2.49. The van der Waals surface area contributed by atoms with E-state index in [2.05, 4.69) is 12.1 Å². The minimum absolute atomic E-state index is 0.0671. The van der Waals surface area contributed by atoms with Gasteiger partial charge in [-0.1, -0.05) is 61.4 Å². The number of carboxylic acids is 1. The van der Waals surface area contributed by atoms with Crippen LogP contribution in [-0.2, 0) is 14.3 Å². The van der Waals surface area contributed by atoms with Gasteiger partial charge in [0.25, 0.3) is 0 Å². The molecular weight excluding hydrogens is 354 g/mol. The number of aliphatic carboxylic acids is 1. The molecule has 1 unspecified atom stereocenters. The molecule has 146 valence electrons. The Labute approximate surface area is 164 Å². The van der Waals surface area contributed by atoms with Gasteiger partial charge in [-0.2, -0.15) is 0 Å². The number of hydrogen-bond acceptors (Lipinski definition) is 4. The molecule has 1 saturated carbocycles. The fourth-order valence-electron chi connectivity index (χ4n) is 4.65. The van der Waals surface area contributed by atoms with E-state index in [1.165, 1.54) is 0 Å². The Morgan fingerprint density at radius 2 is 1.57 bits per heavy atom. The van der Waals surface area contributed by atoms with E-state index in [-0.39, 0.29) is 18.6 Å². The fraction of sp³-hybridized carbons (Fsp3) is 0.391. The Bertz CT molecular complexity index is 842. The molecule has 0 bridgehead atoms. The minimum atomic E-state index is -1.25. The number of carbonyl (C=O) groups is 2. The second-order valence-electron chi connectivity index (χ2n) is 7.70. The molecular formula is C23H25NO4. The molecule has 0 aromatic heterocycles. The van der Waals surface area contributed by atoms with Crippen molar-refractivity contribution in [1.82, 2.24) is 4.90 Å². The van der Waals surface area contributed by atoms with Gasteiger partial charge in [0.1, 0.15) is 6.61 Å². The fourth-order valence-corrected chi connectivity index (χ4v) is 4.65. The highest BCUT2D eigenvalue weighted by Gasteiger charge is 2.38. The van der Waals surface area contributed by atoms with E-state index in [4.69, 9.17) is 4.74 Å². The predicted octanol–water partition coefficient (Wildman–Crippen LogP) is 3.67. The second kappa shape index (κ2) is 7.76. The van der Waals surface area contributed by atoms with Crippen molar-refractivity contribution < 1.29 is 19.4 Å². The molecule has 1 atom stereocenters. The van der Waals surface area contributed by atoms with Gasteiger partial charge in [-0.25, -0.2) is 9.59 Å². The summed E-state index contributed by atoms with van der Waals surface area (Å²) in [6.45, 7) is 0.148. The smallest absolute Gasteiger partial charge is 0.335 e. The third kappa shape index (κ3) is 3.31. The van der Waals surface area contributed by atoms with Gasteiger partial charge in [-0.15, -0.1) is 0 Å². The van der Waals surface area contributed by atoms with E-state index >= 15 is 0 Å². The van der Waals surface area contributed by atoms with Crippen molar-refractivity contribution in [3.05, 3.63) is 59.7 Å². The highest BCUT2D eigenvalue weighted by atomic mass is 16.5. The van der Waals surface area contributed by atoms with Gasteiger partial charge in [0.2, 0.25) is 6.04 Å². The predicted molar refractivity (Wildman–Crippen MR) is 106 cm³/mol. The third-order valence-corrected chi connectivity index (χ3v) is 6.12. The van der Waals surface area contributed by atoms with E-state index in [1.54, 1.807) is 11.9 Å². The zero-order valence-corrected chi connectivity index (χ0v) is 16.0. The zero-order chi connectivity index (χ0) is 19.7. The first-order valence-corrected chi connectivity index (χ1v) is 9.87. The number of fused-ring (bicyclic) bond motifs is 3. The van der Waals surface area contributed by atoms with Crippen LogP contribution >= 0.6 is 0 Å². The van der Waals surface area contributed by atoms with Crippen molar-refractivity contribution in [3.63, 3.8) is 0 Å². The molecule has 0 saturated heterocycles. The van der Waals surface area contributed by atoms with Crippen LogP contribution in [0.25, 0.3) is 11.1 Å². The molecule has 2 aromatic carbocycles. The average molecular weight is 379 g/mol. The number of likely N-dealkylation sites (N-methyl/N-ethyl adjacent to an activating group) is 1. The molecule has 4 rings (SSSR count). The molecule has 5 heteroatoms. The monoisotopic (exact) mass is 379 g/mol. The number of esters is 1. The van der Waals surface area contributed by atoms with Crippen molar-refractivity contribution in [3.8, 4) is 11.1 Å². The normalized spacial score (nSPS) is 17.4. The molecule has 28 heavy (non-hydrogen) atoms. The molecule has 0 heterocycles. The minimum Gasteiger partial charge on any atom is -0.480 e. The molecule has 0 radical (unpaired) electrons. The Balaban J connectivity index is 1.52. The summed E-state index contributed by atoms with van der Waals surface area (Å²) >= 11 is 0. The SMILES string of the molecule is CN(C1CCCC1)C(C(=O)O)C(=O)OCC1c2ccccc2-c2ccccc21. The molecule has 0 aliphatic heterocycles. The standard InChI is InChI=1S/C23H25NO4/c1-24(15-8-2-3-9-15)21(22(25)26)23(27)28-14-20-18-12-6-4-10-16(18)17-11-5-7-13-19(17)20/h4-7,10-13,15,20-21H,2-3,8-9,14H2,1H3,(H,25,26). The topological polar surface area (TPSA) is 66.8 Å². The molecule has 2 aromatic rings. The van der Waals surface area contributed by atoms with Crippen LogP contribution in [0.2, 0.25) is 0 Å². The number of benzene rings is 2. The molecule has 1 fully saturated rings. The number of carbonyl (C=O) groups excluding carboxylic acids is 1. The van der Waals surface area contributed by atoms with Crippen LogP contribution in [0.1, 0.15) is 42.7 Å². The van der Waals surface area contributed by atoms with Gasteiger partial charge in [0, 0.05) is 12.0 Å². The number of nitrogens with zero attached hydrogens (tertiary/aromatic N) is 1. The van der Waals surface area contributed by atoms with Gasteiger partial charge in [0.05, 0.1) is 0 Å². The van der Waals surface area contributed by atoms with Gasteiger partial charge < -0.3 is 9.84 Å². The molecule has 2 aliphatic carbocycles. The average Bonchev–Trinajstić information content (AvgIpc) is 3.33. The highest BCUT2D eigenvalue weighted by Crippen LogP contribution is 2.44. The lowest BCUT2D eigenvalue weighted by Gasteiger charge is -2.29. The first kappa shape index (κ1) is 18.7. The summed E-state index contributed by atoms with van der Waals surface area (Å²) in [4.78, 5) is 26.2. The molecule has 1 N–H and O–H groups in total. The Kier molecular flexibility index (Phi) is 5.18. The van der Waals surface area contributed by atoms with Crippen LogP contribution in [0.3, 0.4) is 0 Å². The van der Waals surface area contributed by atoms with Crippen molar-refractivity contribution in [2.75, 3.05) is 13.7 Å². The van der Waals surface area contributed by atoms with E-state index in [9.17, 15) is 14.7 Å². The van der Waals surface area contributed by atoms with Gasteiger partial charge in [-0.05, 0) is 42.1 Å². The molecule has 2 aliphatic rings. The molecule has 5 nitrogen and oxygen atoms in total. The van der Waals surface area contributed by atoms with Crippen LogP contribution < -0.4 is 0 Å². The molecule has 0 amide bonds. The molecule has 0 spiro atoms. The van der Waals surface area contributed by atoms with Crippen LogP contribution in [0.15, 0.2) is 48.5 Å². The number of carboxylic acid groups (broad SMARTS) is 1. The maximum atomic E-state index is 12.7. The van der Waals surface area contributed by atoms with Crippen molar-refractivity contribution >= 4 is 11.9 Å². The van der Waals surface area contributed by atoms with E-state index in [0.29, 0.717) is 0 Å². The van der Waals surface area contributed by atoms with E-state index in [1.807, 2.05) is 36.4 Å². The summed E-state index contributed by atoms with van der Waals surface area (Å²) < 4.78 is 5.58. The van der Waals surface area contributed by atoms with Crippen LogP contribution in [0, 0.1) is 0 Å². The van der Waals surface area contributed by atoms with Gasteiger partial charge >= 0.3 is 11.9 Å². The van der Waals surface area contributed by atoms with Crippen molar-refractivity contribution in [1.29, 1.82) is 0 Å². The zero-order valence-electron chi connectivity index (χ0n) is 16.0. The summed E-state index contributed by atoms with van der Waals surface area (Å²) in [5.41, 5.74) is 4.54. The van der Waals surface area contributed by atoms with Gasteiger partial charge in [-0.3, -0.25) is 4.90 Å². The Morgan fingerprint density at radius 1 is 1.04 bits per heavy atom. The lowest BCUT2D eigenvalue weighted by molar-refractivity contribution is -0.161. The Hall–Kier alpha value is -2.66. The maximum absolute atomic E-state index is 12.7. The van der Waals surface area contributed by atoms with Crippen LogP contribution in [0.4, 0.5) is 0 Å². The quantitative estimate of drug-likeness (QED) is 0.613. The van der Waals surface area contributed by atoms with E-state index in [0.717, 1.165) is 47.9 Å². The second-order valence-corrected chi connectivity index (χ2v) is 7.70. The summed E-state index contributed by atoms with van der Waals surface area (Å²) in [5.74, 6) is -1.89. The first-order chi connectivity index (χ1) is 13.6. The summed E-state index contributed by atoms with van der Waals surface area (Å²) in [6, 6.07) is 15.1. The van der Waals surface area contributed by atoms with E-state index < -0.39 is 18.0 Å². The van der Waals surface area contributed by atoms with Crippen molar-refractivity contribution in [2.45, 2.75) is 43.7 Å².